The third-order valence-electron chi connectivity index (χ3n) is 6.67. The third kappa shape index (κ3) is 5.74. The van der Waals surface area contributed by atoms with E-state index in [1.54, 1.807) is 12.3 Å². The largest absolute Gasteiger partial charge is 0.465 e. The first-order valence-corrected chi connectivity index (χ1v) is 14.9. The fourth-order valence-corrected chi connectivity index (χ4v) is 7.82. The van der Waals surface area contributed by atoms with Gasteiger partial charge in [-0.1, -0.05) is 24.3 Å². The van der Waals surface area contributed by atoms with Crippen LogP contribution < -0.4 is 10.0 Å². The van der Waals surface area contributed by atoms with Gasteiger partial charge in [0.15, 0.2) is 0 Å². The molecular formula is C27H31N5O4S2. The first-order chi connectivity index (χ1) is 18.0. The predicted octanol–water partition coefficient (Wildman–Crippen LogP) is 5.72. The van der Waals surface area contributed by atoms with Crippen LogP contribution in [0.25, 0.3) is 32.5 Å². The van der Waals surface area contributed by atoms with Gasteiger partial charge in [-0.2, -0.15) is 5.10 Å². The highest BCUT2D eigenvalue weighted by Gasteiger charge is 2.29. The van der Waals surface area contributed by atoms with Gasteiger partial charge in [0.2, 0.25) is 10.0 Å². The van der Waals surface area contributed by atoms with Crippen molar-refractivity contribution in [3.05, 3.63) is 53.8 Å². The molecule has 38 heavy (non-hydrogen) atoms. The van der Waals surface area contributed by atoms with E-state index in [0.29, 0.717) is 5.56 Å². The number of aromatic amines is 1. The predicted molar refractivity (Wildman–Crippen MR) is 149 cm³/mol. The van der Waals surface area contributed by atoms with Crippen LogP contribution in [0.2, 0.25) is 0 Å². The van der Waals surface area contributed by atoms with Gasteiger partial charge in [-0.15, -0.1) is 11.3 Å². The van der Waals surface area contributed by atoms with Crippen LogP contribution in [0.4, 0.5) is 4.79 Å². The van der Waals surface area contributed by atoms with Gasteiger partial charge in [-0.05, 0) is 69.7 Å². The van der Waals surface area contributed by atoms with Crippen LogP contribution in [0.5, 0.6) is 0 Å². The van der Waals surface area contributed by atoms with Gasteiger partial charge in [0.25, 0.3) is 0 Å². The summed E-state index contributed by atoms with van der Waals surface area (Å²) in [7, 11) is -3.85. The number of benzene rings is 2. The Hall–Kier alpha value is -3.28. The molecule has 0 unspecified atom stereocenters. The highest BCUT2D eigenvalue weighted by atomic mass is 32.2. The maximum atomic E-state index is 13.6. The van der Waals surface area contributed by atoms with Crippen molar-refractivity contribution in [3.8, 4) is 21.6 Å². The number of aromatic nitrogens is 3. The molecule has 0 bridgehead atoms. The molecule has 200 valence electrons. The summed E-state index contributed by atoms with van der Waals surface area (Å²) in [5, 5.41) is 20.6. The summed E-state index contributed by atoms with van der Waals surface area (Å²) in [6, 6.07) is 11.3. The van der Waals surface area contributed by atoms with E-state index in [1.807, 2.05) is 57.3 Å². The number of hydrogen-bond acceptors (Lipinski definition) is 6. The van der Waals surface area contributed by atoms with E-state index in [0.717, 1.165) is 57.6 Å². The zero-order valence-electron chi connectivity index (χ0n) is 21.5. The number of nitrogens with zero attached hydrogens (tertiary/aromatic N) is 2. The second-order valence-electron chi connectivity index (χ2n) is 10.8. The summed E-state index contributed by atoms with van der Waals surface area (Å²) < 4.78 is 30.1. The molecule has 1 aliphatic rings. The molecular weight excluding hydrogens is 522 g/mol. The summed E-state index contributed by atoms with van der Waals surface area (Å²) in [4.78, 5) is 16.6. The minimum Gasteiger partial charge on any atom is -0.465 e. The van der Waals surface area contributed by atoms with Gasteiger partial charge >= 0.3 is 6.09 Å². The van der Waals surface area contributed by atoms with Gasteiger partial charge in [0.1, 0.15) is 0 Å². The fraction of sp³-hybridized carbons (Fsp3) is 0.370. The first-order valence-electron chi connectivity index (χ1n) is 12.6. The van der Waals surface area contributed by atoms with Crippen molar-refractivity contribution < 1.29 is 18.3 Å². The van der Waals surface area contributed by atoms with E-state index < -0.39 is 21.7 Å². The van der Waals surface area contributed by atoms with Crippen molar-refractivity contribution in [2.45, 2.75) is 68.8 Å². The zero-order chi connectivity index (χ0) is 27.1. The number of rotatable bonds is 6. The molecule has 1 saturated carbocycles. The molecule has 0 spiro atoms. The maximum Gasteiger partial charge on any atom is 0.404 e. The number of H-pyrrole nitrogens is 1. The maximum absolute atomic E-state index is 13.6. The minimum absolute atomic E-state index is 0.0309. The van der Waals surface area contributed by atoms with Crippen LogP contribution in [0.3, 0.4) is 0 Å². The van der Waals surface area contributed by atoms with Crippen LogP contribution in [0.1, 0.15) is 57.4 Å². The lowest BCUT2D eigenvalue weighted by Gasteiger charge is -2.27. The molecule has 2 aromatic heterocycles. The monoisotopic (exact) mass is 553 g/mol. The van der Waals surface area contributed by atoms with Gasteiger partial charge < -0.3 is 10.4 Å². The van der Waals surface area contributed by atoms with E-state index in [2.05, 4.69) is 25.2 Å². The van der Waals surface area contributed by atoms with E-state index in [4.69, 9.17) is 5.11 Å². The van der Waals surface area contributed by atoms with Crippen molar-refractivity contribution in [2.24, 2.45) is 0 Å². The summed E-state index contributed by atoms with van der Waals surface area (Å²) in [6.45, 7) is 5.46. The van der Waals surface area contributed by atoms with Crippen molar-refractivity contribution >= 4 is 38.4 Å². The third-order valence-corrected chi connectivity index (χ3v) is 9.66. The number of fused-ring (bicyclic) bond motifs is 1. The van der Waals surface area contributed by atoms with Gasteiger partial charge in [-0.3, -0.25) is 5.10 Å². The molecule has 4 N–H and O–H groups in total. The molecule has 1 amide bonds. The summed E-state index contributed by atoms with van der Waals surface area (Å²) in [6.07, 6.45) is 5.78. The van der Waals surface area contributed by atoms with Crippen LogP contribution >= 0.6 is 11.3 Å². The van der Waals surface area contributed by atoms with Gasteiger partial charge in [-0.25, -0.2) is 22.9 Å². The minimum atomic E-state index is -3.85. The standard InChI is InChI=1S/C27H31N5O4S2/c1-27(2,3)32-38(35,36)24-13-18(17-4-5-19-14-29-31-22(19)12-17)8-11-21(24)23-15-28-25(37-23)16-6-9-20(10-7-16)30-26(33)34/h4-5,8,11-16,20,30,32H,6-7,9-10H2,1-3H3,(H,29,31)(H,33,34)/t16-,20-. The summed E-state index contributed by atoms with van der Waals surface area (Å²) in [5.74, 6) is 0.230. The summed E-state index contributed by atoms with van der Waals surface area (Å²) >= 11 is 1.51. The SMILES string of the molecule is CC(C)(C)NS(=O)(=O)c1cc(-c2ccc3c[nH]nc3c2)ccc1-c1cnc([C@H]2CC[C@H](NC(=O)O)CC2)s1. The quantitative estimate of drug-likeness (QED) is 0.241. The van der Waals surface area contributed by atoms with Crippen molar-refractivity contribution in [1.82, 2.24) is 25.2 Å². The molecule has 0 radical (unpaired) electrons. The average Bonchev–Trinajstić information content (AvgIpc) is 3.52. The molecule has 4 aromatic rings. The molecule has 0 atom stereocenters. The molecule has 0 saturated heterocycles. The van der Waals surface area contributed by atoms with Gasteiger partial charge in [0.05, 0.1) is 20.3 Å². The normalized spacial score (nSPS) is 18.5. The average molecular weight is 554 g/mol. The Kier molecular flexibility index (Phi) is 7.01. The molecule has 9 nitrogen and oxygen atoms in total. The number of thiazole rings is 1. The Morgan fingerprint density at radius 3 is 2.50 bits per heavy atom. The van der Waals surface area contributed by atoms with E-state index in [1.165, 1.54) is 11.3 Å². The smallest absolute Gasteiger partial charge is 0.404 e. The summed E-state index contributed by atoms with van der Waals surface area (Å²) in [5.41, 5.74) is 2.42. The van der Waals surface area contributed by atoms with Crippen molar-refractivity contribution in [3.63, 3.8) is 0 Å². The number of sulfonamides is 1. The van der Waals surface area contributed by atoms with Crippen LogP contribution in [-0.2, 0) is 10.0 Å². The second-order valence-corrected chi connectivity index (χ2v) is 13.5. The highest BCUT2D eigenvalue weighted by molar-refractivity contribution is 7.89. The Bertz CT molecular complexity index is 1580. The zero-order valence-corrected chi connectivity index (χ0v) is 23.1. The van der Waals surface area contributed by atoms with Crippen LogP contribution in [-0.4, -0.2) is 46.4 Å². The van der Waals surface area contributed by atoms with Crippen molar-refractivity contribution in [2.75, 3.05) is 0 Å². The molecule has 0 aliphatic heterocycles. The number of nitrogens with one attached hydrogen (secondary N) is 3. The van der Waals surface area contributed by atoms with E-state index >= 15 is 0 Å². The Labute approximate surface area is 225 Å². The van der Waals surface area contributed by atoms with Crippen molar-refractivity contribution in [1.29, 1.82) is 0 Å². The van der Waals surface area contributed by atoms with Crippen LogP contribution in [0, 0.1) is 0 Å². The number of hydrogen-bond donors (Lipinski definition) is 4. The Balaban J connectivity index is 1.50. The molecule has 1 fully saturated rings. The van der Waals surface area contributed by atoms with Crippen LogP contribution in [0.15, 0.2) is 53.7 Å². The van der Waals surface area contributed by atoms with E-state index in [-0.39, 0.29) is 16.9 Å². The molecule has 5 rings (SSSR count). The molecule has 1 aliphatic carbocycles. The van der Waals surface area contributed by atoms with Gasteiger partial charge in [0, 0.05) is 40.8 Å². The number of carboxylic acid groups (broad SMARTS) is 1. The highest BCUT2D eigenvalue weighted by Crippen LogP contribution is 2.40. The molecule has 2 aromatic carbocycles. The molecule has 2 heterocycles. The Morgan fingerprint density at radius 1 is 1.08 bits per heavy atom. The lowest BCUT2D eigenvalue weighted by atomic mass is 9.86. The Morgan fingerprint density at radius 2 is 1.79 bits per heavy atom. The number of amides is 1. The lowest BCUT2D eigenvalue weighted by molar-refractivity contribution is 0.185. The van der Waals surface area contributed by atoms with E-state index in [9.17, 15) is 13.2 Å². The topological polar surface area (TPSA) is 137 Å². The first kappa shape index (κ1) is 26.3. The lowest BCUT2D eigenvalue weighted by Crippen LogP contribution is -2.40. The second kappa shape index (κ2) is 10.1. The molecule has 11 heteroatoms. The fourth-order valence-electron chi connectivity index (χ4n) is 4.96. The number of carbonyl (C=O) groups is 1.